The van der Waals surface area contributed by atoms with Gasteiger partial charge in [-0.2, -0.15) is 10.5 Å². The third-order valence-electron chi connectivity index (χ3n) is 2.66. The maximum Gasteiger partial charge on any atom is 0.179 e. The van der Waals surface area contributed by atoms with Crippen molar-refractivity contribution in [1.29, 1.82) is 10.5 Å². The van der Waals surface area contributed by atoms with Gasteiger partial charge in [0.05, 0.1) is 39.6 Å². The molecule has 4 N–H and O–H groups in total. The van der Waals surface area contributed by atoms with Gasteiger partial charge < -0.3 is 30.3 Å². The van der Waals surface area contributed by atoms with Gasteiger partial charge in [0.15, 0.2) is 23.0 Å². The van der Waals surface area contributed by atoms with E-state index in [9.17, 15) is 0 Å². The third-order valence-corrected chi connectivity index (χ3v) is 2.66. The van der Waals surface area contributed by atoms with Crippen LogP contribution in [0.25, 0.3) is 0 Å². The van der Waals surface area contributed by atoms with Gasteiger partial charge in [-0.25, -0.2) is 9.97 Å². The van der Waals surface area contributed by atoms with Gasteiger partial charge in [0.25, 0.3) is 0 Å². The molecule has 10 nitrogen and oxygen atoms in total. The van der Waals surface area contributed by atoms with Gasteiger partial charge in [-0.1, -0.05) is 0 Å². The lowest BCUT2D eigenvalue weighted by Crippen LogP contribution is -2.18. The van der Waals surface area contributed by atoms with Crippen molar-refractivity contribution in [2.75, 3.05) is 63.4 Å². The molecular weight excluding hydrogens is 316 g/mol. The summed E-state index contributed by atoms with van der Waals surface area (Å²) in [5.74, 6) is 0.639. The number of aliphatic hydroxyl groups excluding tert-OH is 2. The number of hydrogen-bond acceptors (Lipinski definition) is 10. The van der Waals surface area contributed by atoms with Crippen molar-refractivity contribution in [3.8, 4) is 12.1 Å². The molecule has 10 heteroatoms. The van der Waals surface area contributed by atoms with Gasteiger partial charge in [0.2, 0.25) is 0 Å². The Morgan fingerprint density at radius 3 is 1.54 bits per heavy atom. The number of rotatable bonds is 12. The molecule has 0 atom stereocenters. The van der Waals surface area contributed by atoms with E-state index in [2.05, 4.69) is 20.6 Å². The average molecular weight is 336 g/mol. The molecule has 0 spiro atoms. The van der Waals surface area contributed by atoms with E-state index in [-0.39, 0.29) is 37.8 Å². The SMILES string of the molecule is N#Cc1nc(NCCOCCO)c(NCCOCCO)nc1C#N. The Hall–Kier alpha value is -2.50. The zero-order valence-electron chi connectivity index (χ0n) is 13.2. The molecule has 1 aromatic heterocycles. The van der Waals surface area contributed by atoms with E-state index in [1.807, 2.05) is 12.1 Å². The Bertz CT molecular complexity index is 533. The Morgan fingerprint density at radius 2 is 1.21 bits per heavy atom. The summed E-state index contributed by atoms with van der Waals surface area (Å²) in [5.41, 5.74) is -0.142. The quantitative estimate of drug-likeness (QED) is 0.351. The molecule has 0 radical (unpaired) electrons. The first-order valence-corrected chi connectivity index (χ1v) is 7.34. The van der Waals surface area contributed by atoms with Crippen molar-refractivity contribution in [2.45, 2.75) is 0 Å². The second-order valence-corrected chi connectivity index (χ2v) is 4.37. The molecule has 0 amide bonds. The Kier molecular flexibility index (Phi) is 9.76. The van der Waals surface area contributed by atoms with E-state index >= 15 is 0 Å². The van der Waals surface area contributed by atoms with E-state index in [0.717, 1.165) is 0 Å². The summed E-state index contributed by atoms with van der Waals surface area (Å²) in [5, 5.41) is 41.3. The lowest BCUT2D eigenvalue weighted by molar-refractivity contribution is 0.0990. The normalized spacial score (nSPS) is 10.0. The Morgan fingerprint density at radius 1 is 0.792 bits per heavy atom. The van der Waals surface area contributed by atoms with Gasteiger partial charge in [-0.15, -0.1) is 0 Å². The van der Waals surface area contributed by atoms with Crippen molar-refractivity contribution in [1.82, 2.24) is 9.97 Å². The number of nitrogens with zero attached hydrogens (tertiary/aromatic N) is 4. The van der Waals surface area contributed by atoms with Crippen LogP contribution >= 0.6 is 0 Å². The molecule has 0 fully saturated rings. The molecule has 1 aromatic rings. The summed E-state index contributed by atoms with van der Waals surface area (Å²) in [6.45, 7) is 1.80. The van der Waals surface area contributed by atoms with Crippen LogP contribution in [-0.2, 0) is 9.47 Å². The molecule has 0 aliphatic rings. The van der Waals surface area contributed by atoms with Crippen molar-refractivity contribution in [3.05, 3.63) is 11.4 Å². The van der Waals surface area contributed by atoms with Crippen LogP contribution in [0.4, 0.5) is 11.6 Å². The summed E-state index contributed by atoms with van der Waals surface area (Å²) in [4.78, 5) is 8.18. The van der Waals surface area contributed by atoms with E-state index in [4.69, 9.17) is 30.2 Å². The fourth-order valence-electron chi connectivity index (χ4n) is 1.65. The minimum Gasteiger partial charge on any atom is -0.394 e. The second kappa shape index (κ2) is 12.0. The highest BCUT2D eigenvalue weighted by atomic mass is 16.5. The molecule has 0 aliphatic heterocycles. The molecule has 1 rings (SSSR count). The highest BCUT2D eigenvalue weighted by Crippen LogP contribution is 2.18. The largest absolute Gasteiger partial charge is 0.394 e. The van der Waals surface area contributed by atoms with Gasteiger partial charge in [0, 0.05) is 13.1 Å². The number of ether oxygens (including phenoxy) is 2. The van der Waals surface area contributed by atoms with Crippen molar-refractivity contribution in [2.24, 2.45) is 0 Å². The van der Waals surface area contributed by atoms with Crippen LogP contribution in [0.1, 0.15) is 11.4 Å². The van der Waals surface area contributed by atoms with Crippen LogP contribution in [0.2, 0.25) is 0 Å². The number of hydrogen-bond donors (Lipinski definition) is 4. The average Bonchev–Trinajstić information content (AvgIpc) is 2.61. The molecule has 0 saturated carbocycles. The predicted molar refractivity (Wildman–Crippen MR) is 84.3 cm³/mol. The zero-order chi connectivity index (χ0) is 17.6. The summed E-state index contributed by atoms with van der Waals surface area (Å²) in [6, 6.07) is 3.66. The lowest BCUT2D eigenvalue weighted by atomic mass is 10.3. The van der Waals surface area contributed by atoms with Gasteiger partial charge >= 0.3 is 0 Å². The number of aliphatic hydroxyl groups is 2. The summed E-state index contributed by atoms with van der Waals surface area (Å²) in [7, 11) is 0. The fourth-order valence-corrected chi connectivity index (χ4v) is 1.65. The molecular formula is C14H20N6O4. The monoisotopic (exact) mass is 336 g/mol. The third kappa shape index (κ3) is 6.73. The maximum atomic E-state index is 9.03. The first-order valence-electron chi connectivity index (χ1n) is 7.34. The standard InChI is InChI=1S/C14H20N6O4/c15-9-11-12(10-16)20-14(18-2-6-24-8-4-22)13(19-11)17-1-5-23-7-3-21/h21-22H,1-8H2,(H,17,19)(H,18,20). The second-order valence-electron chi connectivity index (χ2n) is 4.37. The van der Waals surface area contributed by atoms with Crippen LogP contribution in [0.5, 0.6) is 0 Å². The van der Waals surface area contributed by atoms with E-state index in [1.54, 1.807) is 0 Å². The summed E-state index contributed by atoms with van der Waals surface area (Å²) < 4.78 is 10.3. The molecule has 130 valence electrons. The molecule has 0 aliphatic carbocycles. The van der Waals surface area contributed by atoms with E-state index in [0.29, 0.717) is 37.9 Å². The van der Waals surface area contributed by atoms with Gasteiger partial charge in [-0.05, 0) is 0 Å². The minimum atomic E-state index is -0.0710. The van der Waals surface area contributed by atoms with Crippen LogP contribution in [0.15, 0.2) is 0 Å². The fraction of sp³-hybridized carbons (Fsp3) is 0.571. The molecule has 1 heterocycles. The first kappa shape index (κ1) is 19.5. The van der Waals surface area contributed by atoms with Crippen molar-refractivity contribution in [3.63, 3.8) is 0 Å². The van der Waals surface area contributed by atoms with E-state index in [1.165, 1.54) is 0 Å². The smallest absolute Gasteiger partial charge is 0.179 e. The van der Waals surface area contributed by atoms with Gasteiger partial charge in [-0.3, -0.25) is 0 Å². The summed E-state index contributed by atoms with van der Waals surface area (Å²) in [6.07, 6.45) is 0. The minimum absolute atomic E-state index is 0.0596. The van der Waals surface area contributed by atoms with Crippen LogP contribution in [0.3, 0.4) is 0 Å². The molecule has 0 saturated heterocycles. The summed E-state index contributed by atoms with van der Waals surface area (Å²) >= 11 is 0. The highest BCUT2D eigenvalue weighted by Gasteiger charge is 2.13. The van der Waals surface area contributed by atoms with Crippen LogP contribution in [0, 0.1) is 22.7 Å². The molecule has 0 aromatic carbocycles. The number of anilines is 2. The van der Waals surface area contributed by atoms with Gasteiger partial charge in [0.1, 0.15) is 12.1 Å². The zero-order valence-corrected chi connectivity index (χ0v) is 13.2. The van der Waals surface area contributed by atoms with Crippen molar-refractivity contribution < 1.29 is 19.7 Å². The molecule has 0 bridgehead atoms. The van der Waals surface area contributed by atoms with Crippen LogP contribution in [-0.4, -0.2) is 72.9 Å². The molecule has 0 unspecified atom stereocenters. The maximum absolute atomic E-state index is 9.03. The van der Waals surface area contributed by atoms with Crippen LogP contribution < -0.4 is 10.6 Å². The topological polar surface area (TPSA) is 156 Å². The number of nitriles is 2. The lowest BCUT2D eigenvalue weighted by Gasteiger charge is -2.13. The highest BCUT2D eigenvalue weighted by molar-refractivity contribution is 5.62. The van der Waals surface area contributed by atoms with Crippen molar-refractivity contribution >= 4 is 11.6 Å². The number of nitrogens with one attached hydrogen (secondary N) is 2. The Balaban J connectivity index is 2.73. The number of aromatic nitrogens is 2. The molecule has 24 heavy (non-hydrogen) atoms. The van der Waals surface area contributed by atoms with E-state index < -0.39 is 0 Å². The Labute approximate surface area is 139 Å². The first-order chi connectivity index (χ1) is 11.8. The predicted octanol–water partition coefficient (Wildman–Crippen LogP) is -0.938.